The molecule has 286 valence electrons. The Morgan fingerprint density at radius 1 is 0.540 bits per heavy atom. The molecule has 0 unspecified atom stereocenters. The van der Waals surface area contributed by atoms with Gasteiger partial charge in [0.25, 0.3) is 0 Å². The fraction of sp³-hybridized carbons (Fsp3) is 0.667. The van der Waals surface area contributed by atoms with Gasteiger partial charge in [-0.25, -0.2) is 9.97 Å². The van der Waals surface area contributed by atoms with E-state index in [4.69, 9.17) is 9.47 Å². The lowest BCUT2D eigenvalue weighted by Crippen LogP contribution is -2.73. The number of benzene rings is 1. The first-order valence-corrected chi connectivity index (χ1v) is 15.0. The van der Waals surface area contributed by atoms with Crippen LogP contribution in [0.15, 0.2) is 36.7 Å². The maximum absolute atomic E-state index is 13.8. The predicted molar refractivity (Wildman–Crippen MR) is 147 cm³/mol. The van der Waals surface area contributed by atoms with Gasteiger partial charge in [0.15, 0.2) is 5.82 Å². The monoisotopic (exact) mass is 754 g/mol. The van der Waals surface area contributed by atoms with Crippen LogP contribution in [-0.4, -0.2) is 84.7 Å². The lowest BCUT2D eigenvalue weighted by atomic mass is 9.91. The van der Waals surface area contributed by atoms with Crippen molar-refractivity contribution < 1.29 is 80.1 Å². The van der Waals surface area contributed by atoms with E-state index in [0.29, 0.717) is 17.1 Å². The molecule has 50 heavy (non-hydrogen) atoms. The first-order valence-electron chi connectivity index (χ1n) is 15.0. The summed E-state index contributed by atoms with van der Waals surface area (Å²) in [6.45, 7) is -2.98. The third-order valence-electron chi connectivity index (χ3n) is 7.18. The van der Waals surface area contributed by atoms with Crippen LogP contribution in [0.1, 0.15) is 51.0 Å². The zero-order valence-corrected chi connectivity index (χ0v) is 26.2. The minimum absolute atomic E-state index is 0.171. The first-order chi connectivity index (χ1) is 23.0. The van der Waals surface area contributed by atoms with Crippen LogP contribution in [0, 0.1) is 0 Å². The zero-order valence-electron chi connectivity index (χ0n) is 26.2. The largest absolute Gasteiger partial charge is 0.491 e. The molecule has 0 spiro atoms. The van der Waals surface area contributed by atoms with Crippen LogP contribution < -0.4 is 4.74 Å². The zero-order chi connectivity index (χ0) is 38.1. The molecule has 0 fully saturated rings. The second-order valence-electron chi connectivity index (χ2n) is 11.0. The average molecular weight is 755 g/mol. The highest BCUT2D eigenvalue weighted by Crippen LogP contribution is 2.62. The van der Waals surface area contributed by atoms with Crippen LogP contribution >= 0.6 is 0 Å². The number of aryl methyl sites for hydroxylation is 1. The fourth-order valence-electron chi connectivity index (χ4n) is 4.17. The SMILES string of the molecule is CCCCCCCCc1cnc(-c2ccc(OCCOCCOCC(F)(F)C(F)(F)C(F)(F)C(F)(F)C(F)(F)C(F)(F)C(F)(F)F)cc2)nc1. The number of halogens is 15. The molecular formula is C30H33F15N2O3. The third-order valence-corrected chi connectivity index (χ3v) is 7.18. The van der Waals surface area contributed by atoms with Crippen molar-refractivity contribution in [2.75, 3.05) is 33.0 Å². The molecule has 0 radical (unpaired) electrons. The van der Waals surface area contributed by atoms with Gasteiger partial charge < -0.3 is 14.2 Å². The van der Waals surface area contributed by atoms with Crippen LogP contribution in [0.4, 0.5) is 65.9 Å². The smallest absolute Gasteiger partial charge is 0.460 e. The van der Waals surface area contributed by atoms with E-state index >= 15 is 0 Å². The Balaban J connectivity index is 1.79. The molecule has 1 aromatic carbocycles. The van der Waals surface area contributed by atoms with E-state index < -0.39 is 61.5 Å². The molecule has 1 heterocycles. The van der Waals surface area contributed by atoms with E-state index in [9.17, 15) is 65.9 Å². The molecule has 0 saturated carbocycles. The topological polar surface area (TPSA) is 53.5 Å². The number of rotatable bonds is 22. The van der Waals surface area contributed by atoms with Crippen molar-refractivity contribution in [3.05, 3.63) is 42.2 Å². The molecule has 0 aliphatic rings. The van der Waals surface area contributed by atoms with E-state index in [1.54, 1.807) is 36.7 Å². The van der Waals surface area contributed by atoms with E-state index in [2.05, 4.69) is 21.6 Å². The molecule has 0 aliphatic heterocycles. The maximum atomic E-state index is 13.8. The molecule has 2 aromatic rings. The number of aromatic nitrogens is 2. The van der Waals surface area contributed by atoms with Crippen LogP contribution in [0.2, 0.25) is 0 Å². The van der Waals surface area contributed by atoms with Gasteiger partial charge in [0, 0.05) is 18.0 Å². The summed E-state index contributed by atoms with van der Waals surface area (Å²) in [7, 11) is 0. The Morgan fingerprint density at radius 2 is 1.02 bits per heavy atom. The van der Waals surface area contributed by atoms with Gasteiger partial charge in [-0.15, -0.1) is 0 Å². The van der Waals surface area contributed by atoms with Crippen LogP contribution in [0.3, 0.4) is 0 Å². The Hall–Kier alpha value is -3.03. The highest BCUT2D eigenvalue weighted by molar-refractivity contribution is 5.55. The fourth-order valence-corrected chi connectivity index (χ4v) is 4.17. The van der Waals surface area contributed by atoms with Crippen molar-refractivity contribution in [1.82, 2.24) is 9.97 Å². The van der Waals surface area contributed by atoms with Crippen molar-refractivity contribution in [2.24, 2.45) is 0 Å². The number of unbranched alkanes of at least 4 members (excludes halogenated alkanes) is 5. The Labute approximate surface area is 276 Å². The lowest BCUT2D eigenvalue weighted by Gasteiger charge is -2.41. The molecule has 5 nitrogen and oxygen atoms in total. The molecule has 1 aromatic heterocycles. The Bertz CT molecular complexity index is 1310. The van der Waals surface area contributed by atoms with E-state index in [-0.39, 0.29) is 13.2 Å². The van der Waals surface area contributed by atoms with Gasteiger partial charge in [0.1, 0.15) is 19.0 Å². The molecule has 0 atom stereocenters. The third kappa shape index (κ3) is 9.64. The van der Waals surface area contributed by atoms with Crippen molar-refractivity contribution in [2.45, 2.75) is 93.6 Å². The highest BCUT2D eigenvalue weighted by atomic mass is 19.4. The molecule has 0 N–H and O–H groups in total. The number of nitrogens with zero attached hydrogens (tertiary/aromatic N) is 2. The van der Waals surface area contributed by atoms with E-state index in [1.165, 1.54) is 25.7 Å². The minimum atomic E-state index is -8.33. The lowest BCUT2D eigenvalue weighted by molar-refractivity contribution is -0.453. The Kier molecular flexibility index (Phi) is 14.7. The quantitative estimate of drug-likeness (QED) is 0.0886. The van der Waals surface area contributed by atoms with Crippen LogP contribution in [0.25, 0.3) is 11.4 Å². The van der Waals surface area contributed by atoms with Crippen molar-refractivity contribution in [3.63, 3.8) is 0 Å². The maximum Gasteiger partial charge on any atom is 0.460 e. The summed E-state index contributed by atoms with van der Waals surface area (Å²) in [6, 6.07) is 6.44. The number of hydrogen-bond acceptors (Lipinski definition) is 5. The summed E-state index contributed by atoms with van der Waals surface area (Å²) < 4.78 is 212. The van der Waals surface area contributed by atoms with Gasteiger partial charge in [0.05, 0.1) is 19.8 Å². The number of ether oxygens (including phenoxy) is 3. The summed E-state index contributed by atoms with van der Waals surface area (Å²) in [4.78, 5) is 8.72. The summed E-state index contributed by atoms with van der Waals surface area (Å²) in [5, 5.41) is 0. The van der Waals surface area contributed by atoms with Crippen molar-refractivity contribution >= 4 is 0 Å². The van der Waals surface area contributed by atoms with Gasteiger partial charge in [-0.2, -0.15) is 65.9 Å². The summed E-state index contributed by atoms with van der Waals surface area (Å²) >= 11 is 0. The van der Waals surface area contributed by atoms with Gasteiger partial charge in [-0.05, 0) is 42.7 Å². The molecule has 0 saturated heterocycles. The molecule has 20 heteroatoms. The second-order valence-corrected chi connectivity index (χ2v) is 11.0. The molecule has 0 aliphatic carbocycles. The van der Waals surface area contributed by atoms with Gasteiger partial charge in [-0.3, -0.25) is 0 Å². The highest BCUT2D eigenvalue weighted by Gasteiger charge is 2.93. The molecule has 2 rings (SSSR count). The van der Waals surface area contributed by atoms with E-state index in [0.717, 1.165) is 24.8 Å². The molecule has 0 amide bonds. The summed E-state index contributed by atoms with van der Waals surface area (Å²) in [5.74, 6) is -46.1. The van der Waals surface area contributed by atoms with Crippen molar-refractivity contribution in [3.8, 4) is 17.1 Å². The summed E-state index contributed by atoms with van der Waals surface area (Å²) in [5.41, 5.74) is 1.68. The molecule has 0 bridgehead atoms. The Morgan fingerprint density at radius 3 is 1.58 bits per heavy atom. The minimum Gasteiger partial charge on any atom is -0.491 e. The van der Waals surface area contributed by atoms with E-state index in [1.807, 2.05) is 0 Å². The number of hydrogen-bond donors (Lipinski definition) is 0. The normalized spacial score (nSPS) is 13.9. The van der Waals surface area contributed by atoms with Crippen LogP contribution in [-0.2, 0) is 15.9 Å². The van der Waals surface area contributed by atoms with Crippen molar-refractivity contribution in [1.29, 1.82) is 0 Å². The van der Waals surface area contributed by atoms with Gasteiger partial charge in [0.2, 0.25) is 0 Å². The molecular weight excluding hydrogens is 721 g/mol. The van der Waals surface area contributed by atoms with Crippen LogP contribution in [0.5, 0.6) is 5.75 Å². The summed E-state index contributed by atoms with van der Waals surface area (Å²) in [6.07, 6.45) is 3.65. The number of alkyl halides is 15. The first kappa shape index (κ1) is 43.1. The van der Waals surface area contributed by atoms with Gasteiger partial charge >= 0.3 is 41.7 Å². The second kappa shape index (κ2) is 17.0. The van der Waals surface area contributed by atoms with Gasteiger partial charge in [-0.1, -0.05) is 39.0 Å². The standard InChI is InChI=1S/C30H33F15N2O3/c1-2-3-4-5-6-7-8-20-17-46-23(47-18-20)21-9-11-22(12-10-21)50-16-15-48-13-14-49-19-24(31,32)25(33,34)26(35,36)27(37,38)28(39,40)29(41,42)30(43,44)45/h9-12,17-18H,2-8,13-16,19H2,1H3. The predicted octanol–water partition coefficient (Wildman–Crippen LogP) is 9.83. The average Bonchev–Trinajstić information content (AvgIpc) is 3.03.